The Balaban J connectivity index is 1.94. The molecule has 1 aromatic rings. The van der Waals surface area contributed by atoms with Crippen LogP contribution < -0.4 is 5.73 Å². The fourth-order valence-corrected chi connectivity index (χ4v) is 6.10. The zero-order valence-corrected chi connectivity index (χ0v) is 19.9. The van der Waals surface area contributed by atoms with Crippen molar-refractivity contribution in [3.8, 4) is 5.75 Å². The lowest BCUT2D eigenvalue weighted by Gasteiger charge is -2.53. The Labute approximate surface area is 205 Å². The first-order valence-electron chi connectivity index (χ1n) is 11.1. The van der Waals surface area contributed by atoms with Crippen LogP contribution >= 0.6 is 11.6 Å². The molecule has 5 unspecified atom stereocenters. The molecule has 11 heteroatoms. The number of nitrogens with two attached hydrogens (primary N) is 1. The van der Waals surface area contributed by atoms with Crippen LogP contribution in [0, 0.1) is 17.8 Å². The van der Waals surface area contributed by atoms with Gasteiger partial charge in [0.25, 0.3) is 0 Å². The quantitative estimate of drug-likeness (QED) is 0.303. The first-order valence-corrected chi connectivity index (χ1v) is 11.4. The summed E-state index contributed by atoms with van der Waals surface area (Å²) in [5.41, 5.74) is 3.33. The van der Waals surface area contributed by atoms with Gasteiger partial charge < -0.3 is 36.2 Å². The molecule has 1 fully saturated rings. The predicted octanol–water partition coefficient (Wildman–Crippen LogP) is -0.142. The van der Waals surface area contributed by atoms with Crippen molar-refractivity contribution in [2.75, 3.05) is 20.7 Å². The third-order valence-corrected chi connectivity index (χ3v) is 7.71. The molecular formula is C24H27ClN2O8. The third-order valence-electron chi connectivity index (χ3n) is 7.48. The van der Waals surface area contributed by atoms with Crippen LogP contribution in [0.15, 0.2) is 28.5 Å². The molecule has 0 aromatic heterocycles. The number of fused-ring (bicyclic) bond motifs is 3. The summed E-state index contributed by atoms with van der Waals surface area (Å²) in [4.78, 5) is 40.4. The predicted molar refractivity (Wildman–Crippen MR) is 124 cm³/mol. The number of halogens is 1. The van der Waals surface area contributed by atoms with E-state index in [2.05, 4.69) is 0 Å². The molecule has 0 bridgehead atoms. The monoisotopic (exact) mass is 506 g/mol. The molecule has 0 radical (unpaired) electrons. The van der Waals surface area contributed by atoms with Gasteiger partial charge in [0.05, 0.1) is 18.3 Å². The highest BCUT2D eigenvalue weighted by Gasteiger charge is 2.66. The molecule has 188 valence electrons. The van der Waals surface area contributed by atoms with Gasteiger partial charge in [-0.05, 0) is 56.1 Å². The number of ketones is 2. The topological polar surface area (TPSA) is 182 Å². The van der Waals surface area contributed by atoms with Crippen LogP contribution in [0.2, 0.25) is 0 Å². The van der Waals surface area contributed by atoms with Crippen molar-refractivity contribution in [3.63, 3.8) is 0 Å². The maximum absolute atomic E-state index is 13.6. The zero-order valence-electron chi connectivity index (χ0n) is 19.1. The standard InChI is InChI=1S/C24H27ClN2O8/c1-27(2)18-13-7-10-6-12-9(5-11(25)8-28)3-4-14(29)16(12)19(30)15(10)21(32)24(13,35)22(33)17(20(18)31)23(26)34/h3-5,10,13,17-18,20,28-29,31-32,35H,6-8H2,1-2H3,(H2,26,34)/b11-5-/t10?,13?,17?,18?,20?,24-/m0/s1. The van der Waals surface area contributed by atoms with Crippen LogP contribution in [0.5, 0.6) is 5.75 Å². The fraction of sp³-hybridized carbons (Fsp3) is 0.458. The number of carbonyl (C=O) groups is 3. The molecule has 10 nitrogen and oxygen atoms in total. The number of hydrogen-bond acceptors (Lipinski definition) is 9. The van der Waals surface area contributed by atoms with Gasteiger partial charge in [-0.1, -0.05) is 17.7 Å². The molecular weight excluding hydrogens is 480 g/mol. The third kappa shape index (κ3) is 3.59. The number of aliphatic hydroxyl groups is 4. The van der Waals surface area contributed by atoms with Gasteiger partial charge in [-0.2, -0.15) is 0 Å². The van der Waals surface area contributed by atoms with Crippen LogP contribution in [0.1, 0.15) is 27.9 Å². The van der Waals surface area contributed by atoms with E-state index >= 15 is 0 Å². The molecule has 0 aliphatic heterocycles. The van der Waals surface area contributed by atoms with Gasteiger partial charge >= 0.3 is 0 Å². The number of carbonyl (C=O) groups excluding carboxylic acids is 3. The lowest BCUT2D eigenvalue weighted by atomic mass is 9.56. The molecule has 1 amide bonds. The highest BCUT2D eigenvalue weighted by Crippen LogP contribution is 2.52. The van der Waals surface area contributed by atoms with Crippen molar-refractivity contribution in [2.24, 2.45) is 23.5 Å². The number of benzene rings is 1. The number of amides is 1. The van der Waals surface area contributed by atoms with E-state index in [9.17, 15) is 39.9 Å². The molecule has 0 spiro atoms. The average molecular weight is 507 g/mol. The summed E-state index contributed by atoms with van der Waals surface area (Å²) in [6.07, 6.45) is 0.0960. The number of likely N-dealkylation sites (N-methyl/N-ethyl adjacent to an activating group) is 1. The van der Waals surface area contributed by atoms with E-state index in [0.29, 0.717) is 11.1 Å². The van der Waals surface area contributed by atoms with Gasteiger partial charge in [0.1, 0.15) is 17.4 Å². The Hall–Kier alpha value is -2.76. The second-order valence-electron chi connectivity index (χ2n) is 9.57. The van der Waals surface area contributed by atoms with E-state index in [4.69, 9.17) is 17.3 Å². The number of nitrogens with zero attached hydrogens (tertiary/aromatic N) is 1. The molecule has 7 N–H and O–H groups in total. The van der Waals surface area contributed by atoms with Gasteiger partial charge in [-0.15, -0.1) is 0 Å². The van der Waals surface area contributed by atoms with Crippen molar-refractivity contribution < 1.29 is 39.9 Å². The van der Waals surface area contributed by atoms with Crippen molar-refractivity contribution >= 4 is 35.2 Å². The number of allylic oxidation sites excluding steroid dienone is 1. The number of phenolic OH excluding ortho intramolecular Hbond substituents is 1. The number of Topliss-reactive ketones (excluding diaryl/α,β-unsaturated/α-hetero) is 2. The molecule has 0 saturated heterocycles. The second kappa shape index (κ2) is 8.72. The lowest BCUT2D eigenvalue weighted by Crippen LogP contribution is -2.71. The highest BCUT2D eigenvalue weighted by atomic mass is 35.5. The highest BCUT2D eigenvalue weighted by molar-refractivity contribution is 6.31. The molecule has 35 heavy (non-hydrogen) atoms. The molecule has 1 aromatic carbocycles. The van der Waals surface area contributed by atoms with E-state index in [0.717, 1.165) is 0 Å². The first-order chi connectivity index (χ1) is 16.4. The number of phenols is 1. The van der Waals surface area contributed by atoms with Crippen LogP contribution in [-0.2, 0) is 16.0 Å². The van der Waals surface area contributed by atoms with Gasteiger partial charge in [-0.3, -0.25) is 14.4 Å². The van der Waals surface area contributed by atoms with Crippen LogP contribution in [-0.4, -0.2) is 86.4 Å². The molecule has 6 atom stereocenters. The molecule has 3 aliphatic carbocycles. The van der Waals surface area contributed by atoms with Gasteiger partial charge in [0.15, 0.2) is 17.2 Å². The van der Waals surface area contributed by atoms with Crippen molar-refractivity contribution in [2.45, 2.75) is 30.6 Å². The van der Waals surface area contributed by atoms with Crippen LogP contribution in [0.25, 0.3) is 6.08 Å². The smallest absolute Gasteiger partial charge is 0.230 e. The Morgan fingerprint density at radius 3 is 2.51 bits per heavy atom. The van der Waals surface area contributed by atoms with Crippen molar-refractivity contribution in [1.82, 2.24) is 4.90 Å². The number of hydrogen-bond donors (Lipinski definition) is 6. The Morgan fingerprint density at radius 2 is 1.94 bits per heavy atom. The molecule has 3 aliphatic rings. The van der Waals surface area contributed by atoms with Crippen LogP contribution in [0.4, 0.5) is 0 Å². The Bertz CT molecular complexity index is 1190. The normalized spacial score (nSPS) is 32.9. The second-order valence-corrected chi connectivity index (χ2v) is 10.1. The van der Waals surface area contributed by atoms with E-state index in [1.807, 2.05) is 0 Å². The summed E-state index contributed by atoms with van der Waals surface area (Å²) in [6.45, 7) is -0.429. The van der Waals surface area contributed by atoms with Crippen molar-refractivity contribution in [1.29, 1.82) is 0 Å². The first kappa shape index (κ1) is 25.3. The van der Waals surface area contributed by atoms with E-state index in [-0.39, 0.29) is 34.8 Å². The minimum atomic E-state index is -2.62. The summed E-state index contributed by atoms with van der Waals surface area (Å²) in [5, 5.41) is 53.6. The van der Waals surface area contributed by atoms with Gasteiger partial charge in [0, 0.05) is 22.6 Å². The lowest BCUT2D eigenvalue weighted by molar-refractivity contribution is -0.178. The van der Waals surface area contributed by atoms with E-state index in [1.165, 1.54) is 12.1 Å². The van der Waals surface area contributed by atoms with Crippen LogP contribution in [0.3, 0.4) is 0 Å². The number of aliphatic hydroxyl groups excluding tert-OH is 3. The number of aromatic hydroxyl groups is 1. The molecule has 0 heterocycles. The number of primary amides is 1. The minimum absolute atomic E-state index is 0.0186. The maximum Gasteiger partial charge on any atom is 0.230 e. The van der Waals surface area contributed by atoms with E-state index in [1.54, 1.807) is 25.1 Å². The maximum atomic E-state index is 13.6. The molecule has 4 rings (SSSR count). The fourth-order valence-electron chi connectivity index (χ4n) is 5.98. The average Bonchev–Trinajstić information content (AvgIpc) is 2.77. The Morgan fingerprint density at radius 1 is 1.29 bits per heavy atom. The van der Waals surface area contributed by atoms with E-state index < -0.39 is 65.3 Å². The van der Waals surface area contributed by atoms with Crippen molar-refractivity contribution in [3.05, 3.63) is 45.2 Å². The summed E-state index contributed by atoms with van der Waals surface area (Å²) in [7, 11) is 3.19. The summed E-state index contributed by atoms with van der Waals surface area (Å²) >= 11 is 5.99. The largest absolute Gasteiger partial charge is 0.508 e. The SMILES string of the molecule is CN(C)C1C(O)C(C(N)=O)C(=O)[C@@]2(O)C(O)=C3C(=O)c4c(O)ccc(/C=C(\Cl)CO)c4CC3CC12. The summed E-state index contributed by atoms with van der Waals surface area (Å²) in [6, 6.07) is 1.87. The number of rotatable bonds is 4. The Kier molecular flexibility index (Phi) is 6.31. The van der Waals surface area contributed by atoms with Gasteiger partial charge in [-0.25, -0.2) is 0 Å². The summed E-state index contributed by atoms with van der Waals surface area (Å²) in [5.74, 6) is -7.87. The zero-order chi connectivity index (χ0) is 26.0. The summed E-state index contributed by atoms with van der Waals surface area (Å²) < 4.78 is 0. The molecule has 1 saturated carbocycles. The van der Waals surface area contributed by atoms with Gasteiger partial charge in [0.2, 0.25) is 5.91 Å². The minimum Gasteiger partial charge on any atom is -0.508 e.